The molecule has 0 spiro atoms. The number of hydrogen-bond donors (Lipinski definition) is 0. The zero-order valence-electron chi connectivity index (χ0n) is 30.0. The molecule has 0 saturated carbocycles. The standard InChI is InChI=1S/C54H34O/c1-2-13-35(14-3-1)39-17-10-18-40(33-39)41-31-32-48-51(34-41)55-50-26-12-25-49(54(48)50)53-46-22-8-6-20-44(46)52(45-21-7-9-23-47(45)53)38-29-27-37(28-30-38)43-24-11-16-36-15-4-5-19-42(36)43/h1-34H. The maximum atomic E-state index is 6.68. The van der Waals surface area contributed by atoms with E-state index in [1.807, 2.05) is 0 Å². The molecule has 11 rings (SSSR count). The molecule has 0 fully saturated rings. The second kappa shape index (κ2) is 12.7. The van der Waals surface area contributed by atoms with Crippen molar-refractivity contribution in [2.75, 3.05) is 0 Å². The molecule has 0 bridgehead atoms. The van der Waals surface area contributed by atoms with Gasteiger partial charge in [-0.2, -0.15) is 0 Å². The van der Waals surface area contributed by atoms with Crippen LogP contribution in [0.15, 0.2) is 211 Å². The topological polar surface area (TPSA) is 13.1 Å². The molecule has 0 unspecified atom stereocenters. The van der Waals surface area contributed by atoms with E-state index >= 15 is 0 Å². The first kappa shape index (κ1) is 31.3. The quantitative estimate of drug-likeness (QED) is 0.163. The summed E-state index contributed by atoms with van der Waals surface area (Å²) >= 11 is 0. The zero-order valence-corrected chi connectivity index (χ0v) is 30.0. The highest BCUT2D eigenvalue weighted by molar-refractivity contribution is 6.25. The number of benzene rings is 10. The normalized spacial score (nSPS) is 11.6. The van der Waals surface area contributed by atoms with Crippen molar-refractivity contribution in [3.05, 3.63) is 206 Å². The fraction of sp³-hybridized carbons (Fsp3) is 0. The van der Waals surface area contributed by atoms with Gasteiger partial charge in [-0.15, -0.1) is 0 Å². The van der Waals surface area contributed by atoms with Gasteiger partial charge >= 0.3 is 0 Å². The Labute approximate surface area is 319 Å². The van der Waals surface area contributed by atoms with Gasteiger partial charge in [-0.1, -0.05) is 182 Å². The van der Waals surface area contributed by atoms with Gasteiger partial charge in [0, 0.05) is 10.8 Å². The van der Waals surface area contributed by atoms with Crippen LogP contribution in [0.3, 0.4) is 0 Å². The smallest absolute Gasteiger partial charge is 0.136 e. The van der Waals surface area contributed by atoms with Crippen LogP contribution in [0.5, 0.6) is 0 Å². The first-order valence-corrected chi connectivity index (χ1v) is 18.9. The molecule has 0 amide bonds. The summed E-state index contributed by atoms with van der Waals surface area (Å²) < 4.78 is 6.68. The van der Waals surface area contributed by atoms with Gasteiger partial charge in [0.15, 0.2) is 0 Å². The van der Waals surface area contributed by atoms with Gasteiger partial charge in [-0.05, 0) is 112 Å². The van der Waals surface area contributed by atoms with E-state index in [2.05, 4.69) is 206 Å². The molecule has 0 aliphatic rings. The second-order valence-electron chi connectivity index (χ2n) is 14.4. The fourth-order valence-corrected chi connectivity index (χ4v) is 8.75. The molecular formula is C54H34O. The first-order chi connectivity index (χ1) is 27.3. The van der Waals surface area contributed by atoms with Gasteiger partial charge in [0.25, 0.3) is 0 Å². The summed E-state index contributed by atoms with van der Waals surface area (Å²) in [7, 11) is 0. The van der Waals surface area contributed by atoms with Crippen LogP contribution in [0.25, 0.3) is 110 Å². The number of fused-ring (bicyclic) bond motifs is 6. The molecule has 0 aliphatic carbocycles. The predicted molar refractivity (Wildman–Crippen MR) is 233 cm³/mol. The summed E-state index contributed by atoms with van der Waals surface area (Å²) in [4.78, 5) is 0. The van der Waals surface area contributed by atoms with E-state index < -0.39 is 0 Å². The van der Waals surface area contributed by atoms with Crippen molar-refractivity contribution in [1.29, 1.82) is 0 Å². The molecule has 1 nitrogen and oxygen atoms in total. The van der Waals surface area contributed by atoms with E-state index in [9.17, 15) is 0 Å². The SMILES string of the molecule is c1ccc(-c2cccc(-c3ccc4c(c3)oc3cccc(-c5c6ccccc6c(-c6ccc(-c7cccc8ccccc78)cc6)c6ccccc56)c34)c2)cc1. The van der Waals surface area contributed by atoms with Crippen LogP contribution in [0.1, 0.15) is 0 Å². The molecule has 0 N–H and O–H groups in total. The Bertz CT molecular complexity index is 3180. The van der Waals surface area contributed by atoms with Gasteiger partial charge in [-0.3, -0.25) is 0 Å². The molecule has 10 aromatic carbocycles. The maximum absolute atomic E-state index is 6.68. The lowest BCUT2D eigenvalue weighted by molar-refractivity contribution is 0.669. The molecule has 0 atom stereocenters. The molecule has 55 heavy (non-hydrogen) atoms. The molecule has 1 heterocycles. The van der Waals surface area contributed by atoms with Crippen molar-refractivity contribution in [3.63, 3.8) is 0 Å². The number of furan rings is 1. The van der Waals surface area contributed by atoms with E-state index in [1.165, 1.54) is 82.4 Å². The Morgan fingerprint density at radius 1 is 0.255 bits per heavy atom. The summed E-state index contributed by atoms with van der Waals surface area (Å²) in [5.41, 5.74) is 13.8. The van der Waals surface area contributed by atoms with Crippen molar-refractivity contribution < 1.29 is 4.42 Å². The molecule has 0 aliphatic heterocycles. The molecule has 1 aromatic heterocycles. The lowest BCUT2D eigenvalue weighted by Crippen LogP contribution is -1.91. The Morgan fingerprint density at radius 3 is 1.51 bits per heavy atom. The summed E-state index contributed by atoms with van der Waals surface area (Å²) in [5, 5.41) is 9.72. The average molecular weight is 699 g/mol. The number of rotatable bonds is 5. The van der Waals surface area contributed by atoms with Crippen LogP contribution < -0.4 is 0 Å². The average Bonchev–Trinajstić information content (AvgIpc) is 3.64. The van der Waals surface area contributed by atoms with Crippen LogP contribution in [-0.2, 0) is 0 Å². The third-order valence-corrected chi connectivity index (χ3v) is 11.3. The van der Waals surface area contributed by atoms with Crippen molar-refractivity contribution in [2.45, 2.75) is 0 Å². The minimum absolute atomic E-state index is 0.890. The Hall–Kier alpha value is -7.22. The summed E-state index contributed by atoms with van der Waals surface area (Å²) in [6.45, 7) is 0. The van der Waals surface area contributed by atoms with Crippen molar-refractivity contribution in [1.82, 2.24) is 0 Å². The summed E-state index contributed by atoms with van der Waals surface area (Å²) in [5.74, 6) is 0. The van der Waals surface area contributed by atoms with Crippen LogP contribution in [-0.4, -0.2) is 0 Å². The van der Waals surface area contributed by atoms with E-state index in [0.717, 1.165) is 27.5 Å². The van der Waals surface area contributed by atoms with Crippen LogP contribution in [0.4, 0.5) is 0 Å². The summed E-state index contributed by atoms with van der Waals surface area (Å²) in [6, 6.07) is 74.6. The monoisotopic (exact) mass is 698 g/mol. The van der Waals surface area contributed by atoms with Gasteiger partial charge in [0.1, 0.15) is 11.2 Å². The minimum atomic E-state index is 0.890. The highest BCUT2D eigenvalue weighted by Gasteiger charge is 2.20. The predicted octanol–water partition coefficient (Wildman–Crippen LogP) is 15.4. The Kier molecular flexibility index (Phi) is 7.25. The van der Waals surface area contributed by atoms with Gasteiger partial charge in [0.05, 0.1) is 0 Å². The lowest BCUT2D eigenvalue weighted by Gasteiger charge is -2.18. The highest BCUT2D eigenvalue weighted by Crippen LogP contribution is 2.47. The summed E-state index contributed by atoms with van der Waals surface area (Å²) in [6.07, 6.45) is 0. The third kappa shape index (κ3) is 5.16. The van der Waals surface area contributed by atoms with Crippen LogP contribution >= 0.6 is 0 Å². The van der Waals surface area contributed by atoms with Crippen molar-refractivity contribution in [3.8, 4) is 55.6 Å². The Balaban J connectivity index is 1.08. The first-order valence-electron chi connectivity index (χ1n) is 18.9. The van der Waals surface area contributed by atoms with Crippen LogP contribution in [0.2, 0.25) is 0 Å². The highest BCUT2D eigenvalue weighted by atomic mass is 16.3. The van der Waals surface area contributed by atoms with Crippen molar-refractivity contribution >= 4 is 54.3 Å². The van der Waals surface area contributed by atoms with E-state index in [0.29, 0.717) is 0 Å². The second-order valence-corrected chi connectivity index (χ2v) is 14.4. The molecular weight excluding hydrogens is 665 g/mol. The van der Waals surface area contributed by atoms with Gasteiger partial charge in [-0.25, -0.2) is 0 Å². The molecule has 1 heteroatoms. The fourth-order valence-electron chi connectivity index (χ4n) is 8.75. The van der Waals surface area contributed by atoms with E-state index in [-0.39, 0.29) is 0 Å². The maximum Gasteiger partial charge on any atom is 0.136 e. The molecule has 0 saturated heterocycles. The van der Waals surface area contributed by atoms with E-state index in [1.54, 1.807) is 0 Å². The largest absolute Gasteiger partial charge is 0.456 e. The van der Waals surface area contributed by atoms with Gasteiger partial charge in [0.2, 0.25) is 0 Å². The van der Waals surface area contributed by atoms with Crippen LogP contribution in [0, 0.1) is 0 Å². The minimum Gasteiger partial charge on any atom is -0.456 e. The zero-order chi connectivity index (χ0) is 36.3. The third-order valence-electron chi connectivity index (χ3n) is 11.3. The van der Waals surface area contributed by atoms with Crippen molar-refractivity contribution in [2.24, 2.45) is 0 Å². The molecule has 11 aromatic rings. The van der Waals surface area contributed by atoms with E-state index in [4.69, 9.17) is 4.42 Å². The molecule has 256 valence electrons. The lowest BCUT2D eigenvalue weighted by atomic mass is 9.84. The molecule has 0 radical (unpaired) electrons. The Morgan fingerprint density at radius 2 is 0.764 bits per heavy atom. The van der Waals surface area contributed by atoms with Gasteiger partial charge < -0.3 is 4.42 Å². The number of hydrogen-bond acceptors (Lipinski definition) is 1.